The molecule has 3 rings (SSSR count). The van der Waals surface area contributed by atoms with E-state index in [0.29, 0.717) is 11.3 Å². The van der Waals surface area contributed by atoms with E-state index in [1.807, 2.05) is 60.7 Å². The van der Waals surface area contributed by atoms with Crippen molar-refractivity contribution in [1.29, 1.82) is 0 Å². The predicted octanol–water partition coefficient (Wildman–Crippen LogP) is 7.14. The Labute approximate surface area is 155 Å². The van der Waals surface area contributed by atoms with Gasteiger partial charge < -0.3 is 8.84 Å². The van der Waals surface area contributed by atoms with Crippen LogP contribution in [-0.4, -0.2) is 8.32 Å². The Kier molecular flexibility index (Phi) is 4.80. The van der Waals surface area contributed by atoms with E-state index in [4.69, 9.17) is 8.84 Å². The van der Waals surface area contributed by atoms with Crippen LogP contribution in [0.4, 0.5) is 4.39 Å². The van der Waals surface area contributed by atoms with Crippen LogP contribution in [0.2, 0.25) is 18.1 Å². The molecule has 0 fully saturated rings. The van der Waals surface area contributed by atoms with Gasteiger partial charge in [0, 0.05) is 5.56 Å². The molecule has 2 nitrogen and oxygen atoms in total. The Hall–Kier alpha value is -2.33. The van der Waals surface area contributed by atoms with E-state index >= 15 is 4.39 Å². The van der Waals surface area contributed by atoms with Crippen LogP contribution in [0.5, 0.6) is 5.95 Å². The van der Waals surface area contributed by atoms with E-state index in [0.717, 1.165) is 11.1 Å². The van der Waals surface area contributed by atoms with E-state index in [-0.39, 0.29) is 11.0 Å². The van der Waals surface area contributed by atoms with Crippen LogP contribution >= 0.6 is 0 Å². The zero-order valence-corrected chi connectivity index (χ0v) is 17.0. The van der Waals surface area contributed by atoms with Gasteiger partial charge in [-0.25, -0.2) is 0 Å². The highest BCUT2D eigenvalue weighted by Gasteiger charge is 2.41. The highest BCUT2D eigenvalue weighted by Crippen LogP contribution is 2.44. The first-order valence-corrected chi connectivity index (χ1v) is 11.7. The number of rotatable bonds is 4. The summed E-state index contributed by atoms with van der Waals surface area (Å²) >= 11 is 0. The monoisotopic (exact) mass is 368 g/mol. The molecule has 1 aromatic heterocycles. The largest absolute Gasteiger partial charge is 0.517 e. The van der Waals surface area contributed by atoms with Gasteiger partial charge >= 0.3 is 5.95 Å². The van der Waals surface area contributed by atoms with Crippen molar-refractivity contribution in [2.45, 2.75) is 38.9 Å². The minimum atomic E-state index is -2.22. The van der Waals surface area contributed by atoms with Crippen molar-refractivity contribution in [3.63, 3.8) is 0 Å². The number of furan rings is 1. The van der Waals surface area contributed by atoms with Crippen molar-refractivity contribution in [2.75, 3.05) is 0 Å². The minimum absolute atomic E-state index is 0.00528. The summed E-state index contributed by atoms with van der Waals surface area (Å²) in [7, 11) is -2.22. The van der Waals surface area contributed by atoms with E-state index in [2.05, 4.69) is 33.9 Å². The second-order valence-corrected chi connectivity index (χ2v) is 12.7. The van der Waals surface area contributed by atoms with Crippen molar-refractivity contribution < 1.29 is 13.2 Å². The lowest BCUT2D eigenvalue weighted by Crippen LogP contribution is -2.43. The van der Waals surface area contributed by atoms with Gasteiger partial charge in [0.1, 0.15) is 5.76 Å². The topological polar surface area (TPSA) is 22.4 Å². The van der Waals surface area contributed by atoms with Gasteiger partial charge in [-0.3, -0.25) is 0 Å². The summed E-state index contributed by atoms with van der Waals surface area (Å²) in [5.41, 5.74) is 2.05. The molecule has 2 aromatic carbocycles. The Bertz CT molecular complexity index is 878. The summed E-state index contributed by atoms with van der Waals surface area (Å²) < 4.78 is 27.5. The highest BCUT2D eigenvalue weighted by atomic mass is 28.4. The summed E-state index contributed by atoms with van der Waals surface area (Å²) in [6, 6.07) is 19.1. The molecule has 1 heterocycles. The Balaban J connectivity index is 2.16. The molecule has 0 aliphatic heterocycles. The fourth-order valence-corrected chi connectivity index (χ4v) is 3.40. The van der Waals surface area contributed by atoms with Gasteiger partial charge in [-0.15, -0.1) is 0 Å². The smallest absolute Gasteiger partial charge is 0.309 e. The van der Waals surface area contributed by atoms with Crippen molar-refractivity contribution in [1.82, 2.24) is 0 Å². The van der Waals surface area contributed by atoms with Crippen LogP contribution < -0.4 is 4.43 Å². The summed E-state index contributed by atoms with van der Waals surface area (Å²) in [4.78, 5) is 0. The third kappa shape index (κ3) is 3.47. The molecule has 0 spiro atoms. The van der Waals surface area contributed by atoms with Crippen LogP contribution in [0, 0.1) is 5.82 Å². The quantitative estimate of drug-likeness (QED) is 0.457. The lowest BCUT2D eigenvalue weighted by Gasteiger charge is -2.35. The zero-order valence-electron chi connectivity index (χ0n) is 16.0. The average molecular weight is 369 g/mol. The molecule has 0 atom stereocenters. The zero-order chi connectivity index (χ0) is 18.9. The fraction of sp³-hybridized carbons (Fsp3) is 0.273. The van der Waals surface area contributed by atoms with Crippen molar-refractivity contribution >= 4 is 8.32 Å². The maximum atomic E-state index is 15.4. The third-order valence-corrected chi connectivity index (χ3v) is 9.38. The maximum absolute atomic E-state index is 15.4. The van der Waals surface area contributed by atoms with E-state index in [1.165, 1.54) is 0 Å². The molecule has 4 heteroatoms. The molecule has 26 heavy (non-hydrogen) atoms. The second-order valence-electron chi connectivity index (χ2n) is 8.00. The average Bonchev–Trinajstić information content (AvgIpc) is 2.91. The highest BCUT2D eigenvalue weighted by molar-refractivity contribution is 6.74. The van der Waals surface area contributed by atoms with Crippen LogP contribution in [0.1, 0.15) is 20.8 Å². The van der Waals surface area contributed by atoms with E-state index in [1.54, 1.807) is 0 Å². The molecule has 0 amide bonds. The van der Waals surface area contributed by atoms with E-state index in [9.17, 15) is 0 Å². The van der Waals surface area contributed by atoms with Gasteiger partial charge in [0.2, 0.25) is 5.82 Å². The number of hydrogen-bond acceptors (Lipinski definition) is 2. The molecule has 0 aliphatic carbocycles. The SMILES string of the molecule is CC(C)(C)[Si](C)(C)Oc1oc(-c2ccccc2)c(-c2ccccc2)c1F. The first-order valence-electron chi connectivity index (χ1n) is 8.83. The Morgan fingerprint density at radius 3 is 1.85 bits per heavy atom. The fourth-order valence-electron chi connectivity index (χ4n) is 2.50. The van der Waals surface area contributed by atoms with Gasteiger partial charge in [0.25, 0.3) is 8.32 Å². The minimum Gasteiger partial charge on any atom is -0.517 e. The van der Waals surface area contributed by atoms with Crippen LogP contribution in [0.15, 0.2) is 65.1 Å². The molecule has 0 radical (unpaired) electrons. The molecular formula is C22H25FO2Si. The number of halogens is 1. The predicted molar refractivity (Wildman–Crippen MR) is 107 cm³/mol. The molecule has 0 unspecified atom stereocenters. The normalized spacial score (nSPS) is 12.2. The molecule has 0 saturated carbocycles. The molecule has 0 N–H and O–H groups in total. The first-order chi connectivity index (χ1) is 12.2. The molecule has 0 saturated heterocycles. The van der Waals surface area contributed by atoms with Gasteiger partial charge in [0.15, 0.2) is 0 Å². The summed E-state index contributed by atoms with van der Waals surface area (Å²) in [6.07, 6.45) is 0. The van der Waals surface area contributed by atoms with Gasteiger partial charge in [-0.1, -0.05) is 81.4 Å². The van der Waals surface area contributed by atoms with Gasteiger partial charge in [-0.05, 0) is 23.7 Å². The molecule has 0 bridgehead atoms. The van der Waals surface area contributed by atoms with Gasteiger partial charge in [-0.2, -0.15) is 4.39 Å². The Morgan fingerprint density at radius 2 is 1.35 bits per heavy atom. The van der Waals surface area contributed by atoms with E-state index < -0.39 is 14.1 Å². The molecule has 0 aliphatic rings. The van der Waals surface area contributed by atoms with Crippen LogP contribution in [0.3, 0.4) is 0 Å². The Morgan fingerprint density at radius 1 is 0.846 bits per heavy atom. The van der Waals surface area contributed by atoms with Crippen molar-refractivity contribution in [3.05, 3.63) is 66.5 Å². The van der Waals surface area contributed by atoms with Gasteiger partial charge in [0.05, 0.1) is 5.56 Å². The maximum Gasteiger partial charge on any atom is 0.309 e. The second kappa shape index (κ2) is 6.76. The molecular weight excluding hydrogens is 343 g/mol. The number of benzene rings is 2. The molecule has 3 aromatic rings. The van der Waals surface area contributed by atoms with Crippen LogP contribution in [0.25, 0.3) is 22.5 Å². The molecule has 136 valence electrons. The van der Waals surface area contributed by atoms with Crippen molar-refractivity contribution in [3.8, 4) is 28.4 Å². The third-order valence-electron chi connectivity index (χ3n) is 5.07. The standard InChI is InChI=1S/C22H25FO2Si/c1-22(2,3)26(4,5)25-21-19(23)18(16-12-8-6-9-13-16)20(24-21)17-14-10-7-11-15-17/h6-15H,1-5H3. The summed E-state index contributed by atoms with van der Waals surface area (Å²) in [5, 5.41) is -0.0496. The first kappa shape index (κ1) is 18.5. The number of hydrogen-bond donors (Lipinski definition) is 0. The summed E-state index contributed by atoms with van der Waals surface area (Å²) in [6.45, 7) is 10.5. The van der Waals surface area contributed by atoms with Crippen LogP contribution in [-0.2, 0) is 0 Å². The lowest BCUT2D eigenvalue weighted by atomic mass is 10.0. The summed E-state index contributed by atoms with van der Waals surface area (Å²) in [5.74, 6) is 0.0668. The van der Waals surface area contributed by atoms with Crippen molar-refractivity contribution in [2.24, 2.45) is 0 Å². The lowest BCUT2D eigenvalue weighted by molar-refractivity contribution is 0.348.